The number of ether oxygens (including phenoxy) is 1. The van der Waals surface area contributed by atoms with E-state index in [0.29, 0.717) is 5.75 Å². The van der Waals surface area contributed by atoms with Crippen LogP contribution in [-0.2, 0) is 20.9 Å². The Morgan fingerprint density at radius 3 is 2.68 bits per heavy atom. The first-order valence-electron chi connectivity index (χ1n) is 5.64. The first kappa shape index (κ1) is 15.4. The van der Waals surface area contributed by atoms with Crippen molar-refractivity contribution in [3.8, 4) is 0 Å². The van der Waals surface area contributed by atoms with Crippen LogP contribution in [0.15, 0.2) is 35.3 Å². The summed E-state index contributed by atoms with van der Waals surface area (Å²) in [5.41, 5.74) is -1.03. The van der Waals surface area contributed by atoms with Crippen LogP contribution in [0, 0.1) is 0 Å². The minimum absolute atomic E-state index is 0.0761. The van der Waals surface area contributed by atoms with Gasteiger partial charge in [0.2, 0.25) is 6.08 Å². The molecule has 0 aliphatic heterocycles. The average molecular weight is 281 g/mol. The second-order valence-corrected chi connectivity index (χ2v) is 4.80. The van der Waals surface area contributed by atoms with E-state index in [1.165, 1.54) is 17.8 Å². The highest BCUT2D eigenvalue weighted by Gasteiger charge is 2.39. The van der Waals surface area contributed by atoms with Gasteiger partial charge in [0.1, 0.15) is 0 Å². The van der Waals surface area contributed by atoms with E-state index >= 15 is 0 Å². The summed E-state index contributed by atoms with van der Waals surface area (Å²) in [7, 11) is 0. The van der Waals surface area contributed by atoms with Crippen molar-refractivity contribution in [2.45, 2.75) is 18.8 Å². The summed E-state index contributed by atoms with van der Waals surface area (Å²) in [6.45, 7) is 0.0761. The number of rotatable bonds is 8. The van der Waals surface area contributed by atoms with Gasteiger partial charge in [0.25, 0.3) is 5.72 Å². The molecule has 1 N–H and O–H groups in total. The minimum atomic E-state index is -1.85. The van der Waals surface area contributed by atoms with Gasteiger partial charge in [0, 0.05) is 6.42 Å². The van der Waals surface area contributed by atoms with Gasteiger partial charge in [0.05, 0.1) is 6.61 Å². The molecule has 1 atom stereocenters. The Kier molecular flexibility index (Phi) is 6.29. The summed E-state index contributed by atoms with van der Waals surface area (Å²) in [4.78, 5) is 25.2. The van der Waals surface area contributed by atoms with Gasteiger partial charge in [-0.25, -0.2) is 9.59 Å². The molecule has 0 aromatic heterocycles. The molecule has 19 heavy (non-hydrogen) atoms. The number of nitrogens with zero attached hydrogens (tertiary/aromatic N) is 1. The molecule has 0 fully saturated rings. The largest absolute Gasteiger partial charge is 0.478 e. The van der Waals surface area contributed by atoms with Crippen molar-refractivity contribution in [2.24, 2.45) is 4.99 Å². The van der Waals surface area contributed by atoms with Gasteiger partial charge in [0.15, 0.2) is 0 Å². The smallest absolute Gasteiger partial charge is 0.360 e. The number of hydrogen-bond acceptors (Lipinski definition) is 5. The Hall–Kier alpha value is -1.62. The van der Waals surface area contributed by atoms with Gasteiger partial charge in [-0.15, -0.1) is 0 Å². The van der Waals surface area contributed by atoms with E-state index in [2.05, 4.69) is 4.99 Å². The molecule has 1 aromatic rings. The van der Waals surface area contributed by atoms with Crippen molar-refractivity contribution >= 4 is 23.8 Å². The molecular weight excluding hydrogens is 266 g/mol. The quantitative estimate of drug-likeness (QED) is 0.583. The van der Waals surface area contributed by atoms with Crippen LogP contribution in [0.3, 0.4) is 0 Å². The van der Waals surface area contributed by atoms with E-state index in [0.717, 1.165) is 5.56 Å². The molecule has 6 heteroatoms. The van der Waals surface area contributed by atoms with Gasteiger partial charge >= 0.3 is 5.97 Å². The second-order valence-electron chi connectivity index (χ2n) is 3.81. The van der Waals surface area contributed by atoms with E-state index in [9.17, 15) is 14.7 Å². The van der Waals surface area contributed by atoms with Crippen LogP contribution < -0.4 is 0 Å². The van der Waals surface area contributed by atoms with E-state index in [4.69, 9.17) is 4.74 Å². The third kappa shape index (κ3) is 4.52. The molecule has 102 valence electrons. The number of hydrogen-bond donors (Lipinski definition) is 1. The summed E-state index contributed by atoms with van der Waals surface area (Å²) < 4.78 is 5.38. The molecule has 0 radical (unpaired) electrons. The van der Waals surface area contributed by atoms with Crippen LogP contribution >= 0.6 is 11.8 Å². The molecule has 0 bridgehead atoms. The maximum atomic E-state index is 11.3. The predicted octanol–water partition coefficient (Wildman–Crippen LogP) is 2.07. The lowest BCUT2D eigenvalue weighted by Gasteiger charge is -2.23. The fraction of sp³-hybridized carbons (Fsp3) is 0.385. The zero-order chi connectivity index (χ0) is 14.1. The van der Waals surface area contributed by atoms with E-state index in [1.807, 2.05) is 36.6 Å². The summed E-state index contributed by atoms with van der Waals surface area (Å²) >= 11 is 1.46. The van der Waals surface area contributed by atoms with Gasteiger partial charge in [-0.2, -0.15) is 16.8 Å². The van der Waals surface area contributed by atoms with Crippen LogP contribution in [0.25, 0.3) is 0 Å². The summed E-state index contributed by atoms with van der Waals surface area (Å²) in [5.74, 6) is -0.757. The molecule has 1 aromatic carbocycles. The van der Waals surface area contributed by atoms with Crippen molar-refractivity contribution in [3.63, 3.8) is 0 Å². The number of carboxylic acids is 1. The molecule has 0 heterocycles. The fourth-order valence-electron chi connectivity index (χ4n) is 1.47. The number of aliphatic carboxylic acids is 1. The number of carbonyl (C=O) groups is 1. The van der Waals surface area contributed by atoms with Crippen LogP contribution in [0.4, 0.5) is 0 Å². The highest BCUT2D eigenvalue weighted by atomic mass is 32.2. The third-order valence-electron chi connectivity index (χ3n) is 2.53. The maximum absolute atomic E-state index is 11.3. The van der Waals surface area contributed by atoms with E-state index < -0.39 is 11.7 Å². The number of benzene rings is 1. The number of isocyanates is 1. The van der Waals surface area contributed by atoms with Crippen molar-refractivity contribution in [1.29, 1.82) is 0 Å². The normalized spacial score (nSPS) is 13.3. The molecule has 0 saturated carbocycles. The number of carbonyl (C=O) groups excluding carboxylic acids is 1. The average Bonchev–Trinajstić information content (AvgIpc) is 2.43. The Balaban J connectivity index is 2.83. The Bertz CT molecular complexity index is 455. The minimum Gasteiger partial charge on any atom is -0.478 e. The SMILES string of the molecule is CSCC[C@@](N=C=O)(OCc1ccccc1)C(=O)O. The van der Waals surface area contributed by atoms with E-state index in [-0.39, 0.29) is 13.0 Å². The monoisotopic (exact) mass is 281 g/mol. The third-order valence-corrected chi connectivity index (χ3v) is 3.14. The first-order valence-corrected chi connectivity index (χ1v) is 7.03. The van der Waals surface area contributed by atoms with E-state index in [1.54, 1.807) is 0 Å². The second kappa shape index (κ2) is 7.74. The highest BCUT2D eigenvalue weighted by molar-refractivity contribution is 7.98. The molecule has 1 rings (SSSR count). The van der Waals surface area contributed by atoms with Gasteiger partial charge in [-0.1, -0.05) is 30.3 Å². The number of thioether (sulfide) groups is 1. The lowest BCUT2D eigenvalue weighted by atomic mass is 10.1. The zero-order valence-electron chi connectivity index (χ0n) is 10.5. The first-order chi connectivity index (χ1) is 9.14. The zero-order valence-corrected chi connectivity index (χ0v) is 11.4. The predicted molar refractivity (Wildman–Crippen MR) is 72.7 cm³/mol. The molecular formula is C13H15NO4S. The van der Waals surface area contributed by atoms with Crippen LogP contribution in [0.1, 0.15) is 12.0 Å². The summed E-state index contributed by atoms with van der Waals surface area (Å²) in [6.07, 6.45) is 3.25. The van der Waals surface area contributed by atoms with Crippen LogP contribution in [0.2, 0.25) is 0 Å². The highest BCUT2D eigenvalue weighted by Crippen LogP contribution is 2.22. The van der Waals surface area contributed by atoms with Crippen molar-refractivity contribution in [1.82, 2.24) is 0 Å². The van der Waals surface area contributed by atoms with Gasteiger partial charge < -0.3 is 9.84 Å². The molecule has 0 amide bonds. The lowest BCUT2D eigenvalue weighted by molar-refractivity contribution is -0.167. The van der Waals surface area contributed by atoms with Crippen molar-refractivity contribution in [2.75, 3.05) is 12.0 Å². The van der Waals surface area contributed by atoms with Gasteiger partial charge in [-0.05, 0) is 17.6 Å². The molecule has 0 saturated heterocycles. The van der Waals surface area contributed by atoms with Crippen LogP contribution in [-0.4, -0.2) is 34.9 Å². The topological polar surface area (TPSA) is 76.0 Å². The van der Waals surface area contributed by atoms with Crippen molar-refractivity contribution < 1.29 is 19.4 Å². The number of aliphatic imine (C=N–C) groups is 1. The summed E-state index contributed by atoms with van der Waals surface area (Å²) in [5, 5.41) is 9.25. The Labute approximate surface area is 115 Å². The van der Waals surface area contributed by atoms with Crippen LogP contribution in [0.5, 0.6) is 0 Å². The molecule has 5 nitrogen and oxygen atoms in total. The molecule has 0 aliphatic rings. The van der Waals surface area contributed by atoms with Crippen molar-refractivity contribution in [3.05, 3.63) is 35.9 Å². The molecule has 0 unspecified atom stereocenters. The Morgan fingerprint density at radius 1 is 1.47 bits per heavy atom. The van der Waals surface area contributed by atoms with Gasteiger partial charge in [-0.3, -0.25) is 0 Å². The molecule has 0 aliphatic carbocycles. The Morgan fingerprint density at radius 2 is 2.16 bits per heavy atom. The fourth-order valence-corrected chi connectivity index (χ4v) is 1.95. The summed E-state index contributed by atoms with van der Waals surface area (Å²) in [6, 6.07) is 9.13. The number of carboxylic acid groups (broad SMARTS) is 1. The maximum Gasteiger partial charge on any atom is 0.360 e. The lowest BCUT2D eigenvalue weighted by Crippen LogP contribution is -2.40. The standard InChI is InChI=1S/C13H15NO4S/c1-19-8-7-13(12(16)17,14-10-15)18-9-11-5-3-2-4-6-11/h2-6H,7-9H2,1H3,(H,16,17)/t13-/m1/s1. The molecule has 0 spiro atoms.